The van der Waals surface area contributed by atoms with Gasteiger partial charge in [0.1, 0.15) is 5.58 Å². The van der Waals surface area contributed by atoms with E-state index in [2.05, 4.69) is 17.0 Å². The molecule has 3 nitrogen and oxygen atoms in total. The minimum Gasteiger partial charge on any atom is -0.423 e. The van der Waals surface area contributed by atoms with E-state index >= 15 is 0 Å². The number of fused-ring (bicyclic) bond motifs is 1. The van der Waals surface area contributed by atoms with Gasteiger partial charge in [0.2, 0.25) is 0 Å². The summed E-state index contributed by atoms with van der Waals surface area (Å²) in [5.74, 6) is 0. The van der Waals surface area contributed by atoms with Crippen LogP contribution in [0.15, 0.2) is 100 Å². The molecule has 0 saturated carbocycles. The van der Waals surface area contributed by atoms with Gasteiger partial charge in [0.15, 0.2) is 0 Å². The van der Waals surface area contributed by atoms with Crippen LogP contribution >= 0.6 is 0 Å². The number of hydrogen-bond donors (Lipinski definition) is 0. The molecule has 0 aliphatic rings. The molecule has 0 atom stereocenters. The van der Waals surface area contributed by atoms with Crippen LogP contribution in [0.25, 0.3) is 11.0 Å². The van der Waals surface area contributed by atoms with Gasteiger partial charge in [0.05, 0.1) is 5.69 Å². The lowest BCUT2D eigenvalue weighted by Crippen LogP contribution is -2.18. The third kappa shape index (κ3) is 3.17. The van der Waals surface area contributed by atoms with Gasteiger partial charge in [0, 0.05) is 23.7 Å². The molecule has 0 spiro atoms. The van der Waals surface area contributed by atoms with Gasteiger partial charge in [-0.3, -0.25) is 0 Å². The molecular weight excluding hydrogens is 310 g/mol. The van der Waals surface area contributed by atoms with Crippen molar-refractivity contribution in [2.45, 2.75) is 6.54 Å². The third-order valence-electron chi connectivity index (χ3n) is 4.17. The summed E-state index contributed by atoms with van der Waals surface area (Å²) in [6.45, 7) is 0.665. The monoisotopic (exact) mass is 327 g/mol. The summed E-state index contributed by atoms with van der Waals surface area (Å²) in [5, 5.41) is 0.918. The van der Waals surface area contributed by atoms with Gasteiger partial charge in [-0.25, -0.2) is 4.79 Å². The van der Waals surface area contributed by atoms with Crippen molar-refractivity contribution in [2.24, 2.45) is 0 Å². The van der Waals surface area contributed by atoms with Crippen LogP contribution in [0, 0.1) is 0 Å². The molecule has 0 aliphatic carbocycles. The summed E-state index contributed by atoms with van der Waals surface area (Å²) < 4.78 is 5.36. The SMILES string of the molecule is O=c1cc(N(Cc2ccccc2)c2ccccc2)c2ccccc2o1. The second kappa shape index (κ2) is 6.65. The number of para-hydroxylation sites is 2. The zero-order chi connectivity index (χ0) is 17.1. The molecule has 1 aromatic heterocycles. The minimum atomic E-state index is -0.345. The van der Waals surface area contributed by atoms with Crippen molar-refractivity contribution in [3.8, 4) is 0 Å². The van der Waals surface area contributed by atoms with Gasteiger partial charge in [-0.05, 0) is 29.8 Å². The number of benzene rings is 3. The summed E-state index contributed by atoms with van der Waals surface area (Å²) in [4.78, 5) is 14.2. The number of anilines is 2. The van der Waals surface area contributed by atoms with Gasteiger partial charge < -0.3 is 9.32 Å². The van der Waals surface area contributed by atoms with Crippen molar-refractivity contribution in [2.75, 3.05) is 4.90 Å². The minimum absolute atomic E-state index is 0.345. The van der Waals surface area contributed by atoms with E-state index in [1.165, 1.54) is 5.56 Å². The Morgan fingerprint density at radius 2 is 1.40 bits per heavy atom. The van der Waals surface area contributed by atoms with E-state index in [4.69, 9.17) is 4.42 Å². The summed E-state index contributed by atoms with van der Waals surface area (Å²) in [5.41, 5.74) is 3.30. The largest absolute Gasteiger partial charge is 0.423 e. The van der Waals surface area contributed by atoms with Crippen LogP contribution in [0.4, 0.5) is 11.4 Å². The predicted molar refractivity (Wildman–Crippen MR) is 101 cm³/mol. The molecule has 1 heterocycles. The molecule has 122 valence electrons. The number of rotatable bonds is 4. The van der Waals surface area contributed by atoms with Crippen LogP contribution in [0.2, 0.25) is 0 Å². The molecule has 0 aliphatic heterocycles. The second-order valence-electron chi connectivity index (χ2n) is 5.85. The fraction of sp³-hybridized carbons (Fsp3) is 0.0455. The second-order valence-corrected chi connectivity index (χ2v) is 5.85. The summed E-state index contributed by atoms with van der Waals surface area (Å²) in [6.07, 6.45) is 0. The first-order valence-electron chi connectivity index (χ1n) is 8.21. The summed E-state index contributed by atoms with van der Waals surface area (Å²) in [7, 11) is 0. The van der Waals surface area contributed by atoms with Gasteiger partial charge in [-0.1, -0.05) is 60.7 Å². The van der Waals surface area contributed by atoms with Crippen LogP contribution in [0.1, 0.15) is 5.56 Å². The average molecular weight is 327 g/mol. The molecular formula is C22H17NO2. The molecule has 0 fully saturated rings. The van der Waals surface area contributed by atoms with E-state index in [9.17, 15) is 4.79 Å². The lowest BCUT2D eigenvalue weighted by atomic mass is 10.1. The Morgan fingerprint density at radius 1 is 0.760 bits per heavy atom. The lowest BCUT2D eigenvalue weighted by molar-refractivity contribution is 0.561. The van der Waals surface area contributed by atoms with Crippen molar-refractivity contribution in [3.05, 3.63) is 107 Å². The van der Waals surface area contributed by atoms with Gasteiger partial charge in [-0.15, -0.1) is 0 Å². The smallest absolute Gasteiger partial charge is 0.338 e. The molecule has 4 aromatic rings. The van der Waals surface area contributed by atoms with E-state index in [0.717, 1.165) is 16.8 Å². The van der Waals surface area contributed by atoms with Gasteiger partial charge in [0.25, 0.3) is 0 Å². The highest BCUT2D eigenvalue weighted by Gasteiger charge is 2.15. The molecule has 25 heavy (non-hydrogen) atoms. The zero-order valence-corrected chi connectivity index (χ0v) is 13.6. The topological polar surface area (TPSA) is 33.5 Å². The standard InChI is InChI=1S/C22H17NO2/c24-22-15-20(19-13-7-8-14-21(19)25-22)23(18-11-5-2-6-12-18)16-17-9-3-1-4-10-17/h1-15H,16H2. The predicted octanol–water partition coefficient (Wildman–Crippen LogP) is 5.13. The Hall–Kier alpha value is -3.33. The van der Waals surface area contributed by atoms with Crippen molar-refractivity contribution in [3.63, 3.8) is 0 Å². The molecule has 0 N–H and O–H groups in total. The average Bonchev–Trinajstić information content (AvgIpc) is 2.67. The van der Waals surface area contributed by atoms with Crippen LogP contribution in [0.3, 0.4) is 0 Å². The summed E-state index contributed by atoms with van der Waals surface area (Å²) >= 11 is 0. The Kier molecular flexibility index (Phi) is 4.05. The highest BCUT2D eigenvalue weighted by molar-refractivity contribution is 5.92. The van der Waals surface area contributed by atoms with Crippen LogP contribution in [-0.4, -0.2) is 0 Å². The molecule has 3 heteroatoms. The fourth-order valence-corrected chi connectivity index (χ4v) is 3.01. The first-order valence-corrected chi connectivity index (χ1v) is 8.21. The Labute approximate surface area is 145 Å². The highest BCUT2D eigenvalue weighted by Crippen LogP contribution is 2.32. The van der Waals surface area contributed by atoms with Crippen LogP contribution in [-0.2, 0) is 6.54 Å². The number of nitrogens with zero attached hydrogens (tertiary/aromatic N) is 1. The maximum absolute atomic E-state index is 12.1. The van der Waals surface area contributed by atoms with E-state index < -0.39 is 0 Å². The highest BCUT2D eigenvalue weighted by atomic mass is 16.4. The Balaban J connectivity index is 1.91. The summed E-state index contributed by atoms with van der Waals surface area (Å²) in [6, 6.07) is 29.5. The van der Waals surface area contributed by atoms with Crippen molar-refractivity contribution < 1.29 is 4.42 Å². The molecule has 0 saturated heterocycles. The molecule has 3 aromatic carbocycles. The Morgan fingerprint density at radius 3 is 2.16 bits per heavy atom. The van der Waals surface area contributed by atoms with E-state index in [-0.39, 0.29) is 5.63 Å². The maximum atomic E-state index is 12.1. The van der Waals surface area contributed by atoms with Gasteiger partial charge >= 0.3 is 5.63 Å². The quantitative estimate of drug-likeness (QED) is 0.487. The van der Waals surface area contributed by atoms with Gasteiger partial charge in [-0.2, -0.15) is 0 Å². The fourth-order valence-electron chi connectivity index (χ4n) is 3.01. The lowest BCUT2D eigenvalue weighted by Gasteiger charge is -2.26. The molecule has 0 radical (unpaired) electrons. The van der Waals surface area contributed by atoms with Crippen molar-refractivity contribution >= 4 is 22.3 Å². The Bertz CT molecular complexity index is 1040. The first kappa shape index (κ1) is 15.2. The molecule has 0 unspecified atom stereocenters. The first-order chi connectivity index (χ1) is 12.3. The van der Waals surface area contributed by atoms with Crippen molar-refractivity contribution in [1.82, 2.24) is 0 Å². The van der Waals surface area contributed by atoms with E-state index in [1.54, 1.807) is 6.07 Å². The van der Waals surface area contributed by atoms with E-state index in [0.29, 0.717) is 12.1 Å². The van der Waals surface area contributed by atoms with Crippen molar-refractivity contribution in [1.29, 1.82) is 0 Å². The van der Waals surface area contributed by atoms with E-state index in [1.807, 2.05) is 72.8 Å². The van der Waals surface area contributed by atoms with Crippen LogP contribution < -0.4 is 10.5 Å². The molecule has 4 rings (SSSR count). The molecule has 0 amide bonds. The zero-order valence-electron chi connectivity index (χ0n) is 13.6. The third-order valence-corrected chi connectivity index (χ3v) is 4.17. The molecule has 0 bridgehead atoms. The number of hydrogen-bond acceptors (Lipinski definition) is 3. The maximum Gasteiger partial charge on any atom is 0.338 e. The normalized spacial score (nSPS) is 10.7. The van der Waals surface area contributed by atoms with Crippen LogP contribution in [0.5, 0.6) is 0 Å².